The van der Waals surface area contributed by atoms with Gasteiger partial charge in [-0.3, -0.25) is 4.79 Å². The predicted molar refractivity (Wildman–Crippen MR) is 86.6 cm³/mol. The normalized spacial score (nSPS) is 15.0. The standard InChI is InChI=1S/C15H13N3OS2/c19-13(11-4-3-8-20-11)12-14-10(5-9-21-14)16-15(17-12)18-6-1-2-7-18/h3-5,8-9H,1-2,6-7H2. The largest absolute Gasteiger partial charge is 0.341 e. The maximum absolute atomic E-state index is 12.7. The van der Waals surface area contributed by atoms with E-state index in [1.54, 1.807) is 0 Å². The van der Waals surface area contributed by atoms with Crippen molar-refractivity contribution in [1.82, 2.24) is 9.97 Å². The summed E-state index contributed by atoms with van der Waals surface area (Å²) in [5.41, 5.74) is 1.41. The van der Waals surface area contributed by atoms with Crippen LogP contribution in [0.2, 0.25) is 0 Å². The molecule has 1 aliphatic rings. The minimum Gasteiger partial charge on any atom is -0.341 e. The Hall–Kier alpha value is -1.79. The Labute approximate surface area is 130 Å². The van der Waals surface area contributed by atoms with Gasteiger partial charge in [0.15, 0.2) is 0 Å². The molecule has 0 aromatic carbocycles. The molecule has 4 rings (SSSR count). The third-order valence-electron chi connectivity index (χ3n) is 3.64. The summed E-state index contributed by atoms with van der Waals surface area (Å²) in [4.78, 5) is 24.8. The highest BCUT2D eigenvalue weighted by atomic mass is 32.1. The molecule has 4 nitrogen and oxygen atoms in total. The van der Waals surface area contributed by atoms with E-state index in [1.165, 1.54) is 35.5 Å². The molecular formula is C15H13N3OS2. The van der Waals surface area contributed by atoms with Gasteiger partial charge in [0.05, 0.1) is 15.1 Å². The number of hydrogen-bond donors (Lipinski definition) is 0. The SMILES string of the molecule is O=C(c1cccs1)c1nc(N2CCCC2)nc2ccsc12. The molecule has 6 heteroatoms. The van der Waals surface area contributed by atoms with Crippen LogP contribution >= 0.6 is 22.7 Å². The molecule has 0 N–H and O–H groups in total. The quantitative estimate of drug-likeness (QED) is 0.693. The zero-order chi connectivity index (χ0) is 14.2. The number of ketones is 1. The van der Waals surface area contributed by atoms with Crippen LogP contribution in [0.4, 0.5) is 5.95 Å². The van der Waals surface area contributed by atoms with Crippen molar-refractivity contribution in [3.8, 4) is 0 Å². The lowest BCUT2D eigenvalue weighted by molar-refractivity contribution is 0.103. The second-order valence-corrected chi connectivity index (χ2v) is 6.87. The number of carbonyl (C=O) groups excluding carboxylic acids is 1. The average molecular weight is 315 g/mol. The summed E-state index contributed by atoms with van der Waals surface area (Å²) in [6.45, 7) is 1.95. The lowest BCUT2D eigenvalue weighted by Gasteiger charge is -2.15. The van der Waals surface area contributed by atoms with Crippen LogP contribution in [-0.2, 0) is 0 Å². The van der Waals surface area contributed by atoms with Crippen LogP contribution < -0.4 is 4.90 Å². The smallest absolute Gasteiger partial charge is 0.226 e. The number of rotatable bonds is 3. The number of carbonyl (C=O) groups is 1. The van der Waals surface area contributed by atoms with E-state index in [4.69, 9.17) is 0 Å². The van der Waals surface area contributed by atoms with Gasteiger partial charge in [-0.25, -0.2) is 9.97 Å². The molecule has 0 aliphatic carbocycles. The van der Waals surface area contributed by atoms with Gasteiger partial charge in [-0.2, -0.15) is 0 Å². The van der Waals surface area contributed by atoms with Crippen molar-refractivity contribution < 1.29 is 4.79 Å². The molecule has 3 aromatic rings. The van der Waals surface area contributed by atoms with Crippen LogP contribution in [0.25, 0.3) is 10.2 Å². The first kappa shape index (κ1) is 12.9. The molecule has 0 unspecified atom stereocenters. The molecule has 3 aromatic heterocycles. The van der Waals surface area contributed by atoms with Crippen molar-refractivity contribution >= 4 is 44.6 Å². The minimum atomic E-state index is 0.000275. The van der Waals surface area contributed by atoms with Crippen molar-refractivity contribution in [1.29, 1.82) is 0 Å². The highest BCUT2D eigenvalue weighted by molar-refractivity contribution is 7.17. The number of hydrogen-bond acceptors (Lipinski definition) is 6. The highest BCUT2D eigenvalue weighted by Gasteiger charge is 2.22. The Morgan fingerprint density at radius 2 is 1.95 bits per heavy atom. The minimum absolute atomic E-state index is 0.000275. The number of anilines is 1. The van der Waals surface area contributed by atoms with Gasteiger partial charge < -0.3 is 4.90 Å². The Balaban J connectivity index is 1.86. The molecule has 106 valence electrons. The first-order chi connectivity index (χ1) is 10.3. The van der Waals surface area contributed by atoms with E-state index in [9.17, 15) is 4.79 Å². The molecule has 0 amide bonds. The molecule has 0 radical (unpaired) electrons. The second-order valence-electron chi connectivity index (χ2n) is 5.01. The second kappa shape index (κ2) is 5.20. The number of nitrogens with zero attached hydrogens (tertiary/aromatic N) is 3. The summed E-state index contributed by atoms with van der Waals surface area (Å²) in [5.74, 6) is 0.693. The van der Waals surface area contributed by atoms with Crippen molar-refractivity contribution in [3.05, 3.63) is 39.5 Å². The summed E-state index contributed by atoms with van der Waals surface area (Å²) in [6.07, 6.45) is 2.33. The summed E-state index contributed by atoms with van der Waals surface area (Å²) in [7, 11) is 0. The van der Waals surface area contributed by atoms with E-state index in [0.717, 1.165) is 28.2 Å². The van der Waals surface area contributed by atoms with Gasteiger partial charge in [0.25, 0.3) is 0 Å². The van der Waals surface area contributed by atoms with Crippen LogP contribution in [0.15, 0.2) is 29.0 Å². The molecule has 1 saturated heterocycles. The summed E-state index contributed by atoms with van der Waals surface area (Å²) in [6, 6.07) is 5.71. The van der Waals surface area contributed by atoms with E-state index in [1.807, 2.05) is 29.0 Å². The van der Waals surface area contributed by atoms with Gasteiger partial charge >= 0.3 is 0 Å². The van der Waals surface area contributed by atoms with Crippen LogP contribution in [0.3, 0.4) is 0 Å². The maximum atomic E-state index is 12.7. The number of thiophene rings is 2. The van der Waals surface area contributed by atoms with Crippen molar-refractivity contribution in [2.24, 2.45) is 0 Å². The summed E-state index contributed by atoms with van der Waals surface area (Å²) >= 11 is 2.99. The van der Waals surface area contributed by atoms with Crippen LogP contribution in [0, 0.1) is 0 Å². The highest BCUT2D eigenvalue weighted by Crippen LogP contribution is 2.28. The van der Waals surface area contributed by atoms with Gasteiger partial charge in [-0.1, -0.05) is 6.07 Å². The van der Waals surface area contributed by atoms with E-state index >= 15 is 0 Å². The molecular weight excluding hydrogens is 302 g/mol. The summed E-state index contributed by atoms with van der Waals surface area (Å²) < 4.78 is 0.886. The molecule has 1 fully saturated rings. The lowest BCUT2D eigenvalue weighted by Crippen LogP contribution is -2.21. The molecule has 4 heterocycles. The maximum Gasteiger partial charge on any atom is 0.226 e. The van der Waals surface area contributed by atoms with Crippen molar-refractivity contribution in [2.45, 2.75) is 12.8 Å². The third-order valence-corrected chi connectivity index (χ3v) is 5.42. The van der Waals surface area contributed by atoms with Gasteiger partial charge in [0, 0.05) is 13.1 Å². The van der Waals surface area contributed by atoms with E-state index in [0.29, 0.717) is 11.6 Å². The number of aromatic nitrogens is 2. The summed E-state index contributed by atoms with van der Waals surface area (Å²) in [5, 5.41) is 3.89. The van der Waals surface area contributed by atoms with E-state index in [-0.39, 0.29) is 5.78 Å². The Kier molecular flexibility index (Phi) is 3.20. The van der Waals surface area contributed by atoms with Crippen LogP contribution in [0.5, 0.6) is 0 Å². The van der Waals surface area contributed by atoms with Gasteiger partial charge in [-0.05, 0) is 35.7 Å². The molecule has 21 heavy (non-hydrogen) atoms. The molecule has 0 spiro atoms. The molecule has 0 saturated carbocycles. The average Bonchev–Trinajstić information content (AvgIpc) is 3.26. The van der Waals surface area contributed by atoms with Gasteiger partial charge in [-0.15, -0.1) is 22.7 Å². The lowest BCUT2D eigenvalue weighted by atomic mass is 10.2. The van der Waals surface area contributed by atoms with Crippen LogP contribution in [0.1, 0.15) is 28.2 Å². The predicted octanol–water partition coefficient (Wildman–Crippen LogP) is 3.58. The monoisotopic (exact) mass is 315 g/mol. The zero-order valence-electron chi connectivity index (χ0n) is 11.3. The van der Waals surface area contributed by atoms with E-state index < -0.39 is 0 Å². The first-order valence-electron chi connectivity index (χ1n) is 6.91. The van der Waals surface area contributed by atoms with Crippen LogP contribution in [-0.4, -0.2) is 28.8 Å². The van der Waals surface area contributed by atoms with Crippen molar-refractivity contribution in [3.63, 3.8) is 0 Å². The molecule has 0 bridgehead atoms. The Bertz CT molecular complexity index is 788. The first-order valence-corrected chi connectivity index (χ1v) is 8.67. The Morgan fingerprint density at radius 1 is 1.10 bits per heavy atom. The van der Waals surface area contributed by atoms with E-state index in [2.05, 4.69) is 14.9 Å². The molecule has 1 aliphatic heterocycles. The fraction of sp³-hybridized carbons (Fsp3) is 0.267. The van der Waals surface area contributed by atoms with Crippen molar-refractivity contribution in [2.75, 3.05) is 18.0 Å². The molecule has 0 atom stereocenters. The van der Waals surface area contributed by atoms with Gasteiger partial charge in [0.2, 0.25) is 11.7 Å². The fourth-order valence-electron chi connectivity index (χ4n) is 2.59. The zero-order valence-corrected chi connectivity index (χ0v) is 12.9. The fourth-order valence-corrected chi connectivity index (χ4v) is 4.07. The number of fused-ring (bicyclic) bond motifs is 1. The third kappa shape index (κ3) is 2.24. The van der Waals surface area contributed by atoms with Gasteiger partial charge in [0.1, 0.15) is 5.69 Å². The topological polar surface area (TPSA) is 46.1 Å². The Morgan fingerprint density at radius 3 is 2.71 bits per heavy atom.